The first kappa shape index (κ1) is 8.65. The van der Waals surface area contributed by atoms with Crippen molar-refractivity contribution in [3.8, 4) is 0 Å². The van der Waals surface area contributed by atoms with Crippen molar-refractivity contribution in [1.82, 2.24) is 20.5 Å². The van der Waals surface area contributed by atoms with Gasteiger partial charge in [0.1, 0.15) is 11.4 Å². The van der Waals surface area contributed by atoms with Crippen LogP contribution in [0.1, 0.15) is 18.6 Å². The number of aromatic nitrogens is 3. The molecule has 0 saturated carbocycles. The average molecular weight is 182 g/mol. The van der Waals surface area contributed by atoms with E-state index in [1.54, 1.807) is 0 Å². The van der Waals surface area contributed by atoms with E-state index in [1.165, 1.54) is 0 Å². The van der Waals surface area contributed by atoms with Crippen molar-refractivity contribution in [3.63, 3.8) is 0 Å². The Hall–Kier alpha value is -0.940. The Bertz CT molecular complexity index is 290. The molecule has 0 aliphatic carbocycles. The van der Waals surface area contributed by atoms with Crippen LogP contribution >= 0.6 is 0 Å². The highest BCUT2D eigenvalue weighted by Gasteiger charge is 2.33. The lowest BCUT2D eigenvalue weighted by Crippen LogP contribution is -2.46. The zero-order chi connectivity index (χ0) is 9.31. The van der Waals surface area contributed by atoms with Gasteiger partial charge in [-0.2, -0.15) is 5.10 Å². The van der Waals surface area contributed by atoms with Gasteiger partial charge in [-0.1, -0.05) is 0 Å². The molecule has 1 atom stereocenters. The summed E-state index contributed by atoms with van der Waals surface area (Å²) in [4.78, 5) is 4.27. The highest BCUT2D eigenvalue weighted by Crippen LogP contribution is 2.22. The number of ether oxygens (including phenoxy) is 1. The van der Waals surface area contributed by atoms with Crippen LogP contribution in [-0.4, -0.2) is 34.9 Å². The quantitative estimate of drug-likeness (QED) is 0.639. The molecule has 1 fully saturated rings. The molecule has 1 aliphatic rings. The van der Waals surface area contributed by atoms with Crippen LogP contribution in [0.15, 0.2) is 0 Å². The van der Waals surface area contributed by atoms with Crippen LogP contribution in [0.2, 0.25) is 0 Å². The summed E-state index contributed by atoms with van der Waals surface area (Å²) in [6, 6.07) is 0. The van der Waals surface area contributed by atoms with Crippen molar-refractivity contribution in [3.05, 3.63) is 11.6 Å². The topological polar surface area (TPSA) is 62.8 Å². The van der Waals surface area contributed by atoms with Gasteiger partial charge in [0.15, 0.2) is 5.82 Å². The number of nitrogens with one attached hydrogen (secondary N) is 2. The van der Waals surface area contributed by atoms with Gasteiger partial charge in [0.05, 0.1) is 6.61 Å². The van der Waals surface area contributed by atoms with Crippen molar-refractivity contribution < 1.29 is 4.74 Å². The highest BCUT2D eigenvalue weighted by molar-refractivity contribution is 5.02. The van der Waals surface area contributed by atoms with Crippen molar-refractivity contribution in [2.45, 2.75) is 19.4 Å². The summed E-state index contributed by atoms with van der Waals surface area (Å²) in [5.74, 6) is 1.56. The van der Waals surface area contributed by atoms with Crippen LogP contribution < -0.4 is 5.32 Å². The van der Waals surface area contributed by atoms with E-state index in [0.717, 1.165) is 24.7 Å². The molecule has 0 spiro atoms. The van der Waals surface area contributed by atoms with Crippen molar-refractivity contribution >= 4 is 0 Å². The second kappa shape index (κ2) is 3.08. The third-order valence-electron chi connectivity index (χ3n) is 2.23. The van der Waals surface area contributed by atoms with Gasteiger partial charge < -0.3 is 10.1 Å². The molecule has 1 aromatic rings. The predicted octanol–water partition coefficient (Wildman–Crippen LogP) is -0.0519. The lowest BCUT2D eigenvalue weighted by molar-refractivity contribution is -0.0630. The summed E-state index contributed by atoms with van der Waals surface area (Å²) in [5.41, 5.74) is -0.372. The van der Waals surface area contributed by atoms with Crippen LogP contribution in [0, 0.1) is 6.92 Å². The van der Waals surface area contributed by atoms with Crippen LogP contribution in [-0.2, 0) is 10.3 Å². The van der Waals surface area contributed by atoms with Gasteiger partial charge in [-0.3, -0.25) is 5.10 Å². The van der Waals surface area contributed by atoms with Crippen molar-refractivity contribution in [2.75, 3.05) is 19.7 Å². The zero-order valence-electron chi connectivity index (χ0n) is 7.92. The molecular formula is C8H14N4O. The Morgan fingerprint density at radius 2 is 2.38 bits per heavy atom. The Morgan fingerprint density at radius 3 is 2.92 bits per heavy atom. The first-order valence-electron chi connectivity index (χ1n) is 4.45. The lowest BCUT2D eigenvalue weighted by atomic mass is 10.1. The van der Waals surface area contributed by atoms with Crippen molar-refractivity contribution in [2.24, 2.45) is 0 Å². The molecule has 0 amide bonds. The third kappa shape index (κ3) is 1.57. The number of hydrogen-bond donors (Lipinski definition) is 2. The van der Waals surface area contributed by atoms with Crippen LogP contribution in [0.25, 0.3) is 0 Å². The second-order valence-electron chi connectivity index (χ2n) is 3.50. The summed E-state index contributed by atoms with van der Waals surface area (Å²) in [7, 11) is 0. The SMILES string of the molecule is Cc1nc(C2(C)CNCCO2)n[nH]1. The van der Waals surface area contributed by atoms with E-state index in [4.69, 9.17) is 4.74 Å². The maximum atomic E-state index is 5.66. The smallest absolute Gasteiger partial charge is 0.183 e. The average Bonchev–Trinajstić information content (AvgIpc) is 2.54. The minimum absolute atomic E-state index is 0.372. The standard InChI is InChI=1S/C8H14N4O/c1-6-10-7(12-11-6)8(2)5-9-3-4-13-8/h9H,3-5H2,1-2H3,(H,10,11,12). The van der Waals surface area contributed by atoms with Crippen LogP contribution in [0.3, 0.4) is 0 Å². The number of aromatic amines is 1. The molecule has 2 heterocycles. The summed E-state index contributed by atoms with van der Waals surface area (Å²) in [6.45, 7) is 6.27. The first-order valence-corrected chi connectivity index (χ1v) is 4.45. The summed E-state index contributed by atoms with van der Waals surface area (Å²) in [5, 5.41) is 10.2. The number of morpholine rings is 1. The minimum atomic E-state index is -0.372. The highest BCUT2D eigenvalue weighted by atomic mass is 16.5. The number of aryl methyl sites for hydroxylation is 1. The molecule has 0 aromatic carbocycles. The number of nitrogens with zero attached hydrogens (tertiary/aromatic N) is 2. The van der Waals surface area contributed by atoms with Gasteiger partial charge in [-0.05, 0) is 13.8 Å². The van der Waals surface area contributed by atoms with Gasteiger partial charge in [0.2, 0.25) is 0 Å². The lowest BCUT2D eigenvalue weighted by Gasteiger charge is -2.31. The Morgan fingerprint density at radius 1 is 1.54 bits per heavy atom. The largest absolute Gasteiger partial charge is 0.365 e. The Balaban J connectivity index is 2.22. The van der Waals surface area contributed by atoms with Gasteiger partial charge in [-0.15, -0.1) is 0 Å². The molecule has 5 heteroatoms. The fraction of sp³-hybridized carbons (Fsp3) is 0.750. The van der Waals surface area contributed by atoms with E-state index < -0.39 is 0 Å². The molecule has 1 unspecified atom stereocenters. The van der Waals surface area contributed by atoms with E-state index in [9.17, 15) is 0 Å². The minimum Gasteiger partial charge on any atom is -0.365 e. The summed E-state index contributed by atoms with van der Waals surface area (Å²) in [6.07, 6.45) is 0. The van der Waals surface area contributed by atoms with Gasteiger partial charge in [0.25, 0.3) is 0 Å². The predicted molar refractivity (Wildman–Crippen MR) is 47.3 cm³/mol. The summed E-state index contributed by atoms with van der Waals surface area (Å²) < 4.78 is 5.66. The second-order valence-corrected chi connectivity index (χ2v) is 3.50. The maximum Gasteiger partial charge on any atom is 0.183 e. The number of rotatable bonds is 1. The van der Waals surface area contributed by atoms with Crippen LogP contribution in [0.4, 0.5) is 0 Å². The molecule has 2 N–H and O–H groups in total. The Kier molecular flexibility index (Phi) is 2.05. The monoisotopic (exact) mass is 182 g/mol. The van der Waals surface area contributed by atoms with Gasteiger partial charge in [0, 0.05) is 13.1 Å². The third-order valence-corrected chi connectivity index (χ3v) is 2.23. The fourth-order valence-corrected chi connectivity index (χ4v) is 1.45. The Labute approximate surface area is 76.9 Å². The maximum absolute atomic E-state index is 5.66. The molecule has 72 valence electrons. The fourth-order valence-electron chi connectivity index (χ4n) is 1.45. The molecule has 0 bridgehead atoms. The molecule has 1 saturated heterocycles. The van der Waals surface area contributed by atoms with E-state index in [0.29, 0.717) is 6.61 Å². The molecule has 1 aliphatic heterocycles. The number of H-pyrrole nitrogens is 1. The van der Waals surface area contributed by atoms with Gasteiger partial charge in [-0.25, -0.2) is 4.98 Å². The molecule has 13 heavy (non-hydrogen) atoms. The van der Waals surface area contributed by atoms with Crippen molar-refractivity contribution in [1.29, 1.82) is 0 Å². The molecular weight excluding hydrogens is 168 g/mol. The van der Waals surface area contributed by atoms with Gasteiger partial charge >= 0.3 is 0 Å². The van der Waals surface area contributed by atoms with E-state index >= 15 is 0 Å². The molecule has 2 rings (SSSR count). The molecule has 5 nitrogen and oxygen atoms in total. The van der Waals surface area contributed by atoms with E-state index in [1.807, 2.05) is 13.8 Å². The van der Waals surface area contributed by atoms with E-state index in [-0.39, 0.29) is 5.60 Å². The normalized spacial score (nSPS) is 29.1. The molecule has 1 aromatic heterocycles. The summed E-state index contributed by atoms with van der Waals surface area (Å²) >= 11 is 0. The molecule has 0 radical (unpaired) electrons. The first-order chi connectivity index (χ1) is 6.21. The number of hydrogen-bond acceptors (Lipinski definition) is 4. The zero-order valence-corrected chi connectivity index (χ0v) is 7.92. The van der Waals surface area contributed by atoms with Crippen LogP contribution in [0.5, 0.6) is 0 Å². The van der Waals surface area contributed by atoms with E-state index in [2.05, 4.69) is 20.5 Å².